The van der Waals surface area contributed by atoms with E-state index < -0.39 is 30.5 Å². The standard InChI is InChI=1S/C29H37NO11/c1-4-6-16-36-28(33)40-24-14-13-21(20-25(24)41-29(34)37-17-7-5-2)19-23(26(31)35-3)30-15-18-38-27(32)39-22-11-9-8-10-12-22/h8-14,20,23,30H,4-7,15-19H2,1-3H3/t23-/m0/s1. The zero-order valence-corrected chi connectivity index (χ0v) is 23.6. The smallest absolute Gasteiger partial charge is 0.468 e. The summed E-state index contributed by atoms with van der Waals surface area (Å²) in [5, 5.41) is 2.96. The monoisotopic (exact) mass is 575 g/mol. The first-order chi connectivity index (χ1) is 19.9. The van der Waals surface area contributed by atoms with Crippen LogP contribution in [0, 0.1) is 0 Å². The summed E-state index contributed by atoms with van der Waals surface area (Å²) in [7, 11) is 1.24. The number of carbonyl (C=O) groups excluding carboxylic acids is 4. The second kappa shape index (κ2) is 18.9. The van der Waals surface area contributed by atoms with Crippen molar-refractivity contribution >= 4 is 24.4 Å². The van der Waals surface area contributed by atoms with Gasteiger partial charge in [0.25, 0.3) is 0 Å². The molecule has 1 N–H and O–H groups in total. The highest BCUT2D eigenvalue weighted by Crippen LogP contribution is 2.30. The fourth-order valence-electron chi connectivity index (χ4n) is 3.28. The number of para-hydroxylation sites is 1. The quantitative estimate of drug-likeness (QED) is 0.121. The summed E-state index contributed by atoms with van der Waals surface area (Å²) in [6.45, 7) is 4.28. The first kappa shape index (κ1) is 32.9. The fourth-order valence-corrected chi connectivity index (χ4v) is 3.28. The van der Waals surface area contributed by atoms with Gasteiger partial charge >= 0.3 is 24.4 Å². The van der Waals surface area contributed by atoms with Gasteiger partial charge in [-0.25, -0.2) is 14.4 Å². The van der Waals surface area contributed by atoms with Crippen LogP contribution >= 0.6 is 0 Å². The number of methoxy groups -OCH3 is 1. The van der Waals surface area contributed by atoms with Crippen molar-refractivity contribution in [2.45, 2.75) is 52.0 Å². The first-order valence-corrected chi connectivity index (χ1v) is 13.4. The molecule has 0 fully saturated rings. The van der Waals surface area contributed by atoms with Gasteiger partial charge in [0, 0.05) is 6.54 Å². The average molecular weight is 576 g/mol. The van der Waals surface area contributed by atoms with Crippen molar-refractivity contribution in [3.05, 3.63) is 54.1 Å². The number of nitrogens with one attached hydrogen (secondary N) is 1. The maximum Gasteiger partial charge on any atom is 0.513 e. The van der Waals surface area contributed by atoms with Gasteiger partial charge in [0.15, 0.2) is 11.5 Å². The van der Waals surface area contributed by atoms with E-state index in [4.69, 9.17) is 33.2 Å². The largest absolute Gasteiger partial charge is 0.513 e. The predicted octanol–water partition coefficient (Wildman–Crippen LogP) is 5.21. The number of hydrogen-bond donors (Lipinski definition) is 1. The molecule has 0 heterocycles. The van der Waals surface area contributed by atoms with Crippen molar-refractivity contribution < 1.29 is 52.3 Å². The molecule has 0 unspecified atom stereocenters. The molecule has 0 aromatic heterocycles. The summed E-state index contributed by atoms with van der Waals surface area (Å²) in [4.78, 5) is 48.6. The highest BCUT2D eigenvalue weighted by atomic mass is 16.7. The van der Waals surface area contributed by atoms with E-state index in [0.29, 0.717) is 24.2 Å². The van der Waals surface area contributed by atoms with Crippen molar-refractivity contribution in [3.8, 4) is 17.2 Å². The van der Waals surface area contributed by atoms with Crippen molar-refractivity contribution in [1.29, 1.82) is 0 Å². The van der Waals surface area contributed by atoms with Crippen molar-refractivity contribution in [2.24, 2.45) is 0 Å². The minimum atomic E-state index is -0.970. The SMILES string of the molecule is CCCCOC(=O)Oc1ccc(C[C@H](NCCOC(=O)Oc2ccccc2)C(=O)OC)cc1OC(=O)OCCCC. The second-order valence-electron chi connectivity index (χ2n) is 8.64. The van der Waals surface area contributed by atoms with Gasteiger partial charge in [-0.2, -0.15) is 0 Å². The van der Waals surface area contributed by atoms with Gasteiger partial charge in [0.2, 0.25) is 0 Å². The maximum atomic E-state index is 12.4. The zero-order chi connectivity index (χ0) is 29.9. The molecule has 0 radical (unpaired) electrons. The molecule has 0 bridgehead atoms. The van der Waals surface area contributed by atoms with Gasteiger partial charge in [-0.3, -0.25) is 4.79 Å². The lowest BCUT2D eigenvalue weighted by atomic mass is 10.1. The predicted molar refractivity (Wildman–Crippen MR) is 146 cm³/mol. The molecule has 2 aromatic carbocycles. The van der Waals surface area contributed by atoms with Crippen LogP contribution in [0.2, 0.25) is 0 Å². The van der Waals surface area contributed by atoms with E-state index in [1.54, 1.807) is 36.4 Å². The number of benzene rings is 2. The fraction of sp³-hybridized carbons (Fsp3) is 0.448. The van der Waals surface area contributed by atoms with Crippen LogP contribution in [0.3, 0.4) is 0 Å². The lowest BCUT2D eigenvalue weighted by molar-refractivity contribution is -0.143. The number of rotatable bonds is 16. The minimum absolute atomic E-state index is 0.0596. The Labute approximate surface area is 239 Å². The summed E-state index contributed by atoms with van der Waals surface area (Å²) >= 11 is 0. The molecule has 0 saturated carbocycles. The Morgan fingerprint density at radius 3 is 1.93 bits per heavy atom. The third-order valence-corrected chi connectivity index (χ3v) is 5.41. The minimum Gasteiger partial charge on any atom is -0.468 e. The Kier molecular flexibility index (Phi) is 15.1. The van der Waals surface area contributed by atoms with E-state index in [9.17, 15) is 19.2 Å². The molecule has 0 saturated heterocycles. The lowest BCUT2D eigenvalue weighted by Crippen LogP contribution is -2.41. The highest BCUT2D eigenvalue weighted by Gasteiger charge is 2.22. The number of carbonyl (C=O) groups is 4. The number of esters is 1. The van der Waals surface area contributed by atoms with Crippen LogP contribution in [0.5, 0.6) is 17.2 Å². The summed E-state index contributed by atoms with van der Waals surface area (Å²) < 4.78 is 35.6. The van der Waals surface area contributed by atoms with Crippen molar-refractivity contribution in [3.63, 3.8) is 0 Å². The van der Waals surface area contributed by atoms with Crippen LogP contribution in [0.15, 0.2) is 48.5 Å². The van der Waals surface area contributed by atoms with Crippen LogP contribution in [-0.4, -0.2) is 64.0 Å². The molecule has 0 aliphatic heterocycles. The molecular formula is C29H37NO11. The summed E-state index contributed by atoms with van der Waals surface area (Å²) in [6.07, 6.45) is 0.275. The number of hydrogen-bond acceptors (Lipinski definition) is 12. The molecule has 0 spiro atoms. The molecule has 224 valence electrons. The summed E-state index contributed by atoms with van der Waals surface area (Å²) in [6, 6.07) is 12.1. The van der Waals surface area contributed by atoms with Crippen molar-refractivity contribution in [1.82, 2.24) is 5.32 Å². The Hall–Kier alpha value is -4.32. The normalized spacial score (nSPS) is 11.1. The van der Waals surface area contributed by atoms with Gasteiger partial charge < -0.3 is 38.5 Å². The molecule has 2 rings (SSSR count). The molecule has 0 amide bonds. The summed E-state index contributed by atoms with van der Waals surface area (Å²) in [5.41, 5.74) is 0.542. The van der Waals surface area contributed by atoms with Crippen LogP contribution < -0.4 is 19.5 Å². The van der Waals surface area contributed by atoms with E-state index in [2.05, 4.69) is 5.32 Å². The van der Waals surface area contributed by atoms with Gasteiger partial charge in [0.1, 0.15) is 18.4 Å². The number of unbranched alkanes of at least 4 members (excludes halogenated alkanes) is 2. The Balaban J connectivity index is 2.04. The van der Waals surface area contributed by atoms with Gasteiger partial charge in [-0.05, 0) is 49.1 Å². The molecule has 12 heteroatoms. The van der Waals surface area contributed by atoms with E-state index in [0.717, 1.165) is 12.8 Å². The Morgan fingerprint density at radius 1 is 0.732 bits per heavy atom. The van der Waals surface area contributed by atoms with E-state index in [1.807, 2.05) is 13.8 Å². The average Bonchev–Trinajstić information content (AvgIpc) is 2.96. The van der Waals surface area contributed by atoms with Gasteiger partial charge in [0.05, 0.1) is 20.3 Å². The molecule has 2 aromatic rings. The van der Waals surface area contributed by atoms with Crippen LogP contribution in [0.4, 0.5) is 14.4 Å². The van der Waals surface area contributed by atoms with E-state index in [-0.39, 0.29) is 44.3 Å². The Morgan fingerprint density at radius 2 is 1.32 bits per heavy atom. The molecule has 41 heavy (non-hydrogen) atoms. The van der Waals surface area contributed by atoms with E-state index >= 15 is 0 Å². The Bertz CT molecular complexity index is 1110. The third kappa shape index (κ3) is 13.1. The number of ether oxygens (including phenoxy) is 7. The lowest BCUT2D eigenvalue weighted by Gasteiger charge is -2.18. The van der Waals surface area contributed by atoms with Crippen LogP contribution in [0.25, 0.3) is 0 Å². The molecule has 12 nitrogen and oxygen atoms in total. The van der Waals surface area contributed by atoms with Crippen molar-refractivity contribution in [2.75, 3.05) is 33.5 Å². The van der Waals surface area contributed by atoms with Gasteiger partial charge in [-0.1, -0.05) is 51.0 Å². The third-order valence-electron chi connectivity index (χ3n) is 5.41. The maximum absolute atomic E-state index is 12.4. The molecule has 0 aliphatic rings. The van der Waals surface area contributed by atoms with Crippen LogP contribution in [-0.2, 0) is 30.2 Å². The van der Waals surface area contributed by atoms with E-state index in [1.165, 1.54) is 19.2 Å². The first-order valence-electron chi connectivity index (χ1n) is 13.4. The summed E-state index contributed by atoms with van der Waals surface area (Å²) in [5.74, 6) is -0.382. The topological polar surface area (TPSA) is 145 Å². The molecule has 0 aliphatic carbocycles. The zero-order valence-electron chi connectivity index (χ0n) is 23.6. The second-order valence-corrected chi connectivity index (χ2v) is 8.64. The van der Waals surface area contributed by atoms with Gasteiger partial charge in [-0.15, -0.1) is 0 Å². The highest BCUT2D eigenvalue weighted by molar-refractivity contribution is 5.76. The molecule has 1 atom stereocenters. The van der Waals surface area contributed by atoms with Crippen LogP contribution in [0.1, 0.15) is 45.1 Å². The molecular weight excluding hydrogens is 538 g/mol.